The average Bonchev–Trinajstić information content (AvgIpc) is 2.48. The molecule has 3 heteroatoms. The molecule has 0 fully saturated rings. The van der Waals surface area contributed by atoms with Crippen LogP contribution in [0.5, 0.6) is 5.75 Å². The second-order valence-corrected chi connectivity index (χ2v) is 4.72. The molecule has 1 atom stereocenters. The fourth-order valence-corrected chi connectivity index (χ4v) is 2.22. The molecule has 20 heavy (non-hydrogen) atoms. The van der Waals surface area contributed by atoms with E-state index in [2.05, 4.69) is 12.2 Å². The summed E-state index contributed by atoms with van der Waals surface area (Å²) in [5, 5.41) is 3.46. The first-order chi connectivity index (χ1) is 9.74. The first-order valence-electron chi connectivity index (χ1n) is 6.87. The molecule has 2 aromatic carbocycles. The molecule has 2 nitrogen and oxygen atoms in total. The predicted octanol–water partition coefficient (Wildman–Crippen LogP) is 3.92. The Labute approximate surface area is 119 Å². The van der Waals surface area contributed by atoms with Crippen molar-refractivity contribution in [2.75, 3.05) is 13.7 Å². The maximum absolute atomic E-state index is 13.5. The summed E-state index contributed by atoms with van der Waals surface area (Å²) in [4.78, 5) is 0. The van der Waals surface area contributed by atoms with E-state index in [1.165, 1.54) is 6.07 Å². The van der Waals surface area contributed by atoms with Crippen molar-refractivity contribution in [3.8, 4) is 5.75 Å². The minimum absolute atomic E-state index is 0.0271. The third-order valence-electron chi connectivity index (χ3n) is 3.21. The van der Waals surface area contributed by atoms with Gasteiger partial charge in [-0.25, -0.2) is 4.39 Å². The van der Waals surface area contributed by atoms with E-state index in [1.54, 1.807) is 19.2 Å². The van der Waals surface area contributed by atoms with E-state index in [-0.39, 0.29) is 11.9 Å². The standard InChI is InChI=1S/C17H20FNO/c1-3-10-19-17(13-6-4-8-15(18)11-13)14-7-5-9-16(12-14)20-2/h4-9,11-12,17,19H,3,10H2,1-2H3. The van der Waals surface area contributed by atoms with Crippen molar-refractivity contribution in [2.45, 2.75) is 19.4 Å². The lowest BCUT2D eigenvalue weighted by atomic mass is 9.98. The van der Waals surface area contributed by atoms with Crippen LogP contribution in [-0.4, -0.2) is 13.7 Å². The number of hydrogen-bond acceptors (Lipinski definition) is 2. The number of rotatable bonds is 6. The van der Waals surface area contributed by atoms with Gasteiger partial charge in [0.15, 0.2) is 0 Å². The van der Waals surface area contributed by atoms with Crippen molar-refractivity contribution < 1.29 is 9.13 Å². The fraction of sp³-hybridized carbons (Fsp3) is 0.294. The lowest BCUT2D eigenvalue weighted by Gasteiger charge is -2.20. The first kappa shape index (κ1) is 14.5. The minimum Gasteiger partial charge on any atom is -0.497 e. The zero-order chi connectivity index (χ0) is 14.4. The Morgan fingerprint density at radius 1 is 1.10 bits per heavy atom. The Morgan fingerprint density at radius 3 is 2.45 bits per heavy atom. The highest BCUT2D eigenvalue weighted by Gasteiger charge is 2.14. The van der Waals surface area contributed by atoms with Crippen LogP contribution in [0.4, 0.5) is 4.39 Å². The lowest BCUT2D eigenvalue weighted by molar-refractivity contribution is 0.413. The molecule has 0 amide bonds. The highest BCUT2D eigenvalue weighted by atomic mass is 19.1. The zero-order valence-corrected chi connectivity index (χ0v) is 11.9. The smallest absolute Gasteiger partial charge is 0.123 e. The molecule has 0 aliphatic carbocycles. The number of ether oxygens (including phenoxy) is 1. The molecule has 0 saturated carbocycles. The van der Waals surface area contributed by atoms with Gasteiger partial charge in [0.05, 0.1) is 13.2 Å². The first-order valence-corrected chi connectivity index (χ1v) is 6.87. The summed E-state index contributed by atoms with van der Waals surface area (Å²) in [7, 11) is 1.65. The Bertz CT molecular complexity index is 556. The van der Waals surface area contributed by atoms with Crippen molar-refractivity contribution in [2.24, 2.45) is 0 Å². The largest absolute Gasteiger partial charge is 0.497 e. The molecular formula is C17H20FNO. The maximum Gasteiger partial charge on any atom is 0.123 e. The van der Waals surface area contributed by atoms with Crippen LogP contribution in [-0.2, 0) is 0 Å². The highest BCUT2D eigenvalue weighted by Crippen LogP contribution is 2.25. The minimum atomic E-state index is -0.214. The Morgan fingerprint density at radius 2 is 1.80 bits per heavy atom. The van der Waals surface area contributed by atoms with Crippen LogP contribution in [0.1, 0.15) is 30.5 Å². The second-order valence-electron chi connectivity index (χ2n) is 4.72. The van der Waals surface area contributed by atoms with Gasteiger partial charge in [0.2, 0.25) is 0 Å². The Kier molecular flexibility index (Phi) is 5.13. The molecule has 1 N–H and O–H groups in total. The summed E-state index contributed by atoms with van der Waals surface area (Å²) in [5.41, 5.74) is 2.00. The topological polar surface area (TPSA) is 21.3 Å². The molecule has 0 aliphatic rings. The second kappa shape index (κ2) is 7.06. The van der Waals surface area contributed by atoms with Crippen LogP contribution < -0.4 is 10.1 Å². The van der Waals surface area contributed by atoms with Crippen molar-refractivity contribution in [1.82, 2.24) is 5.32 Å². The van der Waals surface area contributed by atoms with Crippen molar-refractivity contribution >= 4 is 0 Å². The van der Waals surface area contributed by atoms with E-state index in [9.17, 15) is 4.39 Å². The number of nitrogens with one attached hydrogen (secondary N) is 1. The SMILES string of the molecule is CCCNC(c1cccc(F)c1)c1cccc(OC)c1. The predicted molar refractivity (Wildman–Crippen MR) is 79.5 cm³/mol. The third kappa shape index (κ3) is 3.58. The monoisotopic (exact) mass is 273 g/mol. The van der Waals surface area contributed by atoms with Gasteiger partial charge in [0, 0.05) is 0 Å². The van der Waals surface area contributed by atoms with Gasteiger partial charge in [-0.2, -0.15) is 0 Å². The van der Waals surface area contributed by atoms with E-state index in [0.29, 0.717) is 0 Å². The van der Waals surface area contributed by atoms with Crippen LogP contribution in [0.2, 0.25) is 0 Å². The van der Waals surface area contributed by atoms with E-state index >= 15 is 0 Å². The van der Waals surface area contributed by atoms with Gasteiger partial charge in [0.25, 0.3) is 0 Å². The molecule has 0 bridgehead atoms. The highest BCUT2D eigenvalue weighted by molar-refractivity contribution is 5.36. The van der Waals surface area contributed by atoms with Gasteiger partial charge in [-0.05, 0) is 48.4 Å². The Hall–Kier alpha value is -1.87. The van der Waals surface area contributed by atoms with Crippen LogP contribution in [0.25, 0.3) is 0 Å². The van der Waals surface area contributed by atoms with Gasteiger partial charge in [-0.1, -0.05) is 31.2 Å². The van der Waals surface area contributed by atoms with E-state index in [0.717, 1.165) is 29.8 Å². The molecule has 0 radical (unpaired) electrons. The van der Waals surface area contributed by atoms with E-state index in [1.807, 2.05) is 30.3 Å². The molecule has 0 spiro atoms. The number of benzene rings is 2. The van der Waals surface area contributed by atoms with Crippen molar-refractivity contribution in [3.05, 3.63) is 65.5 Å². The van der Waals surface area contributed by atoms with Crippen LogP contribution >= 0.6 is 0 Å². The lowest BCUT2D eigenvalue weighted by Crippen LogP contribution is -2.23. The third-order valence-corrected chi connectivity index (χ3v) is 3.21. The molecule has 2 aromatic rings. The summed E-state index contributed by atoms with van der Waals surface area (Å²) in [6.07, 6.45) is 1.02. The average molecular weight is 273 g/mol. The van der Waals surface area contributed by atoms with Crippen LogP contribution in [0.3, 0.4) is 0 Å². The molecule has 0 heterocycles. The van der Waals surface area contributed by atoms with Gasteiger partial charge >= 0.3 is 0 Å². The number of methoxy groups -OCH3 is 1. The van der Waals surface area contributed by atoms with Gasteiger partial charge in [0.1, 0.15) is 11.6 Å². The van der Waals surface area contributed by atoms with Gasteiger partial charge in [-0.3, -0.25) is 0 Å². The zero-order valence-electron chi connectivity index (χ0n) is 11.9. The molecule has 0 aliphatic heterocycles. The normalized spacial score (nSPS) is 12.2. The van der Waals surface area contributed by atoms with Gasteiger partial charge in [-0.15, -0.1) is 0 Å². The van der Waals surface area contributed by atoms with Gasteiger partial charge < -0.3 is 10.1 Å². The van der Waals surface area contributed by atoms with Crippen molar-refractivity contribution in [1.29, 1.82) is 0 Å². The number of hydrogen-bond donors (Lipinski definition) is 1. The summed E-state index contributed by atoms with van der Waals surface area (Å²) in [5.74, 6) is 0.593. The molecule has 0 saturated heterocycles. The molecular weight excluding hydrogens is 253 g/mol. The maximum atomic E-state index is 13.5. The van der Waals surface area contributed by atoms with E-state index in [4.69, 9.17) is 4.74 Å². The fourth-order valence-electron chi connectivity index (χ4n) is 2.22. The summed E-state index contributed by atoms with van der Waals surface area (Å²) in [6.45, 7) is 2.99. The van der Waals surface area contributed by atoms with Crippen molar-refractivity contribution in [3.63, 3.8) is 0 Å². The molecule has 0 aromatic heterocycles. The van der Waals surface area contributed by atoms with E-state index < -0.39 is 0 Å². The van der Waals surface area contributed by atoms with Crippen LogP contribution in [0, 0.1) is 5.82 Å². The number of halogens is 1. The summed E-state index contributed by atoms with van der Waals surface area (Å²) < 4.78 is 18.7. The molecule has 2 rings (SSSR count). The van der Waals surface area contributed by atoms with Crippen LogP contribution in [0.15, 0.2) is 48.5 Å². The summed E-state index contributed by atoms with van der Waals surface area (Å²) >= 11 is 0. The summed E-state index contributed by atoms with van der Waals surface area (Å²) in [6, 6.07) is 14.6. The quantitative estimate of drug-likeness (QED) is 0.861. The molecule has 106 valence electrons. The Balaban J connectivity index is 2.35. The molecule has 1 unspecified atom stereocenters.